The normalized spacial score (nSPS) is 16.6. The van der Waals surface area contributed by atoms with Gasteiger partial charge in [0, 0.05) is 13.0 Å². The van der Waals surface area contributed by atoms with Gasteiger partial charge in [-0.25, -0.2) is 0 Å². The molecular weight excluding hydrogens is 274 g/mol. The molecule has 124 valence electrons. The van der Waals surface area contributed by atoms with E-state index in [1.54, 1.807) is 4.90 Å². The molecule has 1 N–H and O–H groups in total. The fraction of sp³-hybridized carbons (Fsp3) is 0.632. The lowest BCUT2D eigenvalue weighted by atomic mass is 9.86. The minimum Gasteiger partial charge on any atom is -0.386 e. The van der Waals surface area contributed by atoms with Gasteiger partial charge in [-0.3, -0.25) is 4.79 Å². The number of rotatable bonds is 8. The average molecular weight is 305 g/mol. The third-order valence-electron chi connectivity index (χ3n) is 4.80. The predicted octanol–water partition coefficient (Wildman–Crippen LogP) is 4.03. The minimum absolute atomic E-state index is 0.0467. The lowest BCUT2D eigenvalue weighted by Crippen LogP contribution is -2.43. The Morgan fingerprint density at radius 3 is 2.27 bits per heavy atom. The van der Waals surface area contributed by atoms with Gasteiger partial charge in [0.1, 0.15) is 0 Å². The van der Waals surface area contributed by atoms with Crippen LogP contribution in [0.2, 0.25) is 0 Å². The SMILES string of the molecule is CCC[C@H](C(=O)N(C)[C@@H](C)[C@@H](O)c1ccccc1)[C@@H](C)CC. The van der Waals surface area contributed by atoms with Crippen LogP contribution < -0.4 is 0 Å². The van der Waals surface area contributed by atoms with Crippen LogP contribution in [-0.4, -0.2) is 29.0 Å². The molecule has 0 unspecified atom stereocenters. The zero-order chi connectivity index (χ0) is 16.7. The first kappa shape index (κ1) is 18.7. The van der Waals surface area contributed by atoms with Gasteiger partial charge < -0.3 is 10.0 Å². The summed E-state index contributed by atoms with van der Waals surface area (Å²) < 4.78 is 0. The standard InChI is InChI=1S/C19H31NO2/c1-6-11-17(14(3)7-2)19(22)20(5)15(4)18(21)16-12-9-8-10-13-16/h8-10,12-15,17-18,21H,6-7,11H2,1-5H3/t14-,15-,17-,18+/m0/s1. The molecule has 3 heteroatoms. The molecule has 1 aromatic rings. The van der Waals surface area contributed by atoms with Gasteiger partial charge in [-0.1, -0.05) is 63.9 Å². The molecule has 0 bridgehead atoms. The Bertz CT molecular complexity index is 446. The van der Waals surface area contributed by atoms with E-state index >= 15 is 0 Å². The smallest absolute Gasteiger partial charge is 0.226 e. The van der Waals surface area contributed by atoms with Crippen molar-refractivity contribution in [3.8, 4) is 0 Å². The molecule has 1 rings (SSSR count). The molecule has 0 saturated carbocycles. The summed E-state index contributed by atoms with van der Waals surface area (Å²) in [5.74, 6) is 0.570. The summed E-state index contributed by atoms with van der Waals surface area (Å²) >= 11 is 0. The molecule has 1 aromatic carbocycles. The van der Waals surface area contributed by atoms with E-state index in [9.17, 15) is 9.90 Å². The van der Waals surface area contributed by atoms with Gasteiger partial charge in [0.2, 0.25) is 5.91 Å². The Morgan fingerprint density at radius 2 is 1.77 bits per heavy atom. The monoisotopic (exact) mass is 305 g/mol. The summed E-state index contributed by atoms with van der Waals surface area (Å²) in [5, 5.41) is 10.5. The highest BCUT2D eigenvalue weighted by molar-refractivity contribution is 5.79. The number of carbonyl (C=O) groups is 1. The average Bonchev–Trinajstić information content (AvgIpc) is 2.57. The van der Waals surface area contributed by atoms with Gasteiger partial charge in [-0.05, 0) is 24.8 Å². The summed E-state index contributed by atoms with van der Waals surface area (Å²) in [4.78, 5) is 14.6. The minimum atomic E-state index is -0.658. The molecule has 0 spiro atoms. The number of likely N-dealkylation sites (N-methyl/N-ethyl adjacent to an activating group) is 1. The molecule has 0 fully saturated rings. The summed E-state index contributed by atoms with van der Waals surface area (Å²) in [6.45, 7) is 8.30. The van der Waals surface area contributed by atoms with E-state index in [4.69, 9.17) is 0 Å². The van der Waals surface area contributed by atoms with Crippen LogP contribution in [0.4, 0.5) is 0 Å². The highest BCUT2D eigenvalue weighted by Gasteiger charge is 2.30. The topological polar surface area (TPSA) is 40.5 Å². The number of hydrogen-bond acceptors (Lipinski definition) is 2. The molecule has 22 heavy (non-hydrogen) atoms. The van der Waals surface area contributed by atoms with Gasteiger partial charge in [0.15, 0.2) is 0 Å². The molecule has 0 aliphatic rings. The van der Waals surface area contributed by atoms with E-state index in [-0.39, 0.29) is 17.9 Å². The van der Waals surface area contributed by atoms with Crippen LogP contribution in [0.5, 0.6) is 0 Å². The quantitative estimate of drug-likeness (QED) is 0.787. The lowest BCUT2D eigenvalue weighted by molar-refractivity contribution is -0.140. The van der Waals surface area contributed by atoms with Crippen molar-refractivity contribution < 1.29 is 9.90 Å². The summed E-state index contributed by atoms with van der Waals surface area (Å²) in [6.07, 6.45) is 2.26. The van der Waals surface area contributed by atoms with Crippen molar-refractivity contribution in [1.82, 2.24) is 4.90 Å². The van der Waals surface area contributed by atoms with Crippen molar-refractivity contribution in [2.24, 2.45) is 11.8 Å². The van der Waals surface area contributed by atoms with E-state index in [1.165, 1.54) is 0 Å². The Hall–Kier alpha value is -1.35. The second-order valence-corrected chi connectivity index (χ2v) is 6.33. The van der Waals surface area contributed by atoms with Crippen LogP contribution in [0.1, 0.15) is 58.6 Å². The van der Waals surface area contributed by atoms with Gasteiger partial charge in [0.05, 0.1) is 12.1 Å². The van der Waals surface area contributed by atoms with Crippen molar-refractivity contribution in [1.29, 1.82) is 0 Å². The zero-order valence-electron chi connectivity index (χ0n) is 14.6. The second kappa shape index (κ2) is 8.94. The van der Waals surface area contributed by atoms with Crippen molar-refractivity contribution >= 4 is 5.91 Å². The lowest BCUT2D eigenvalue weighted by Gasteiger charge is -2.34. The number of amides is 1. The Morgan fingerprint density at radius 1 is 1.18 bits per heavy atom. The van der Waals surface area contributed by atoms with Crippen LogP contribution >= 0.6 is 0 Å². The van der Waals surface area contributed by atoms with Crippen LogP contribution in [0.25, 0.3) is 0 Å². The number of carbonyl (C=O) groups excluding carboxylic acids is 1. The maximum atomic E-state index is 12.8. The summed E-state index contributed by atoms with van der Waals surface area (Å²) in [5.41, 5.74) is 0.852. The fourth-order valence-corrected chi connectivity index (χ4v) is 2.85. The molecular formula is C19H31NO2. The van der Waals surface area contributed by atoms with E-state index in [2.05, 4.69) is 20.8 Å². The van der Waals surface area contributed by atoms with Gasteiger partial charge >= 0.3 is 0 Å². The van der Waals surface area contributed by atoms with Gasteiger partial charge in [-0.2, -0.15) is 0 Å². The molecule has 3 nitrogen and oxygen atoms in total. The maximum absolute atomic E-state index is 12.8. The van der Waals surface area contributed by atoms with Crippen LogP contribution in [0, 0.1) is 11.8 Å². The molecule has 0 aliphatic carbocycles. The van der Waals surface area contributed by atoms with Gasteiger partial charge in [-0.15, -0.1) is 0 Å². The third-order valence-corrected chi connectivity index (χ3v) is 4.80. The Balaban J connectivity index is 2.83. The molecule has 4 atom stereocenters. The predicted molar refractivity (Wildman–Crippen MR) is 91.5 cm³/mol. The number of hydrogen-bond donors (Lipinski definition) is 1. The molecule has 0 aromatic heterocycles. The first-order chi connectivity index (χ1) is 10.4. The largest absolute Gasteiger partial charge is 0.386 e. The molecule has 0 aliphatic heterocycles. The van der Waals surface area contributed by atoms with E-state index in [0.717, 1.165) is 24.8 Å². The zero-order valence-corrected chi connectivity index (χ0v) is 14.6. The maximum Gasteiger partial charge on any atom is 0.226 e. The van der Waals surface area contributed by atoms with E-state index in [1.807, 2.05) is 44.3 Å². The first-order valence-corrected chi connectivity index (χ1v) is 8.43. The molecule has 0 saturated heterocycles. The summed E-state index contributed by atoms with van der Waals surface area (Å²) in [6, 6.07) is 9.31. The second-order valence-electron chi connectivity index (χ2n) is 6.33. The number of nitrogens with zero attached hydrogens (tertiary/aromatic N) is 1. The molecule has 1 amide bonds. The van der Waals surface area contributed by atoms with Crippen LogP contribution in [0.15, 0.2) is 30.3 Å². The highest BCUT2D eigenvalue weighted by Crippen LogP contribution is 2.26. The molecule has 0 heterocycles. The number of aliphatic hydroxyl groups excluding tert-OH is 1. The van der Waals surface area contributed by atoms with Gasteiger partial charge in [0.25, 0.3) is 0 Å². The van der Waals surface area contributed by atoms with E-state index in [0.29, 0.717) is 5.92 Å². The number of benzene rings is 1. The third kappa shape index (κ3) is 4.57. The van der Waals surface area contributed by atoms with Crippen molar-refractivity contribution in [2.45, 2.75) is 59.1 Å². The molecule has 0 radical (unpaired) electrons. The van der Waals surface area contributed by atoms with Crippen molar-refractivity contribution in [3.63, 3.8) is 0 Å². The van der Waals surface area contributed by atoms with E-state index < -0.39 is 6.10 Å². The van der Waals surface area contributed by atoms with Crippen LogP contribution in [-0.2, 0) is 4.79 Å². The van der Waals surface area contributed by atoms with Crippen molar-refractivity contribution in [2.75, 3.05) is 7.05 Å². The number of aliphatic hydroxyl groups is 1. The van der Waals surface area contributed by atoms with Crippen LogP contribution in [0.3, 0.4) is 0 Å². The van der Waals surface area contributed by atoms with Crippen molar-refractivity contribution in [3.05, 3.63) is 35.9 Å². The first-order valence-electron chi connectivity index (χ1n) is 8.43. The Kier molecular flexibility index (Phi) is 7.60. The Labute approximate surface area is 135 Å². The highest BCUT2D eigenvalue weighted by atomic mass is 16.3. The summed E-state index contributed by atoms with van der Waals surface area (Å²) in [7, 11) is 1.81. The fourth-order valence-electron chi connectivity index (χ4n) is 2.85.